The number of nitrogens with one attached hydrogen (secondary N) is 2. The monoisotopic (exact) mass is 423 g/mol. The number of morpholine rings is 1. The molecule has 0 bridgehead atoms. The smallest absolute Gasteiger partial charge is 0.220 e. The number of carbonyl (C=O) groups is 1. The van der Waals surface area contributed by atoms with Crippen LogP contribution in [0.1, 0.15) is 73.1 Å². The Balaban J connectivity index is 1.61. The fourth-order valence-electron chi connectivity index (χ4n) is 6.48. The van der Waals surface area contributed by atoms with Crippen molar-refractivity contribution in [3.63, 3.8) is 0 Å². The van der Waals surface area contributed by atoms with Gasteiger partial charge >= 0.3 is 0 Å². The van der Waals surface area contributed by atoms with Crippen molar-refractivity contribution in [1.82, 2.24) is 15.5 Å². The highest BCUT2D eigenvalue weighted by molar-refractivity contribution is 5.75. The van der Waals surface area contributed by atoms with Gasteiger partial charge in [0.25, 0.3) is 0 Å². The molecule has 3 rings (SSSR count). The first-order valence-corrected chi connectivity index (χ1v) is 12.1. The van der Waals surface area contributed by atoms with E-state index in [0.29, 0.717) is 31.0 Å². The maximum absolute atomic E-state index is 12.7. The van der Waals surface area contributed by atoms with E-state index in [-0.39, 0.29) is 16.7 Å². The van der Waals surface area contributed by atoms with Crippen LogP contribution >= 0.6 is 0 Å². The van der Waals surface area contributed by atoms with Crippen LogP contribution in [0.4, 0.5) is 0 Å². The average molecular weight is 424 g/mol. The summed E-state index contributed by atoms with van der Waals surface area (Å²) in [5, 5.41) is 17.8. The molecular weight excluding hydrogens is 378 g/mol. The van der Waals surface area contributed by atoms with Gasteiger partial charge in [-0.05, 0) is 55.8 Å². The Labute approximate surface area is 183 Å². The molecule has 2 saturated carbocycles. The quantitative estimate of drug-likeness (QED) is 0.560. The molecule has 0 radical (unpaired) electrons. The number of carbonyl (C=O) groups excluding carboxylic acids is 1. The van der Waals surface area contributed by atoms with Crippen molar-refractivity contribution in [3.05, 3.63) is 0 Å². The van der Waals surface area contributed by atoms with Crippen LogP contribution in [0.25, 0.3) is 0 Å². The van der Waals surface area contributed by atoms with E-state index in [1.54, 1.807) is 0 Å². The summed E-state index contributed by atoms with van der Waals surface area (Å²) in [4.78, 5) is 15.1. The molecule has 174 valence electrons. The van der Waals surface area contributed by atoms with Gasteiger partial charge in [-0.3, -0.25) is 9.69 Å². The molecule has 3 N–H and O–H groups in total. The highest BCUT2D eigenvalue weighted by Gasteiger charge is 2.61. The van der Waals surface area contributed by atoms with Crippen LogP contribution in [0.3, 0.4) is 0 Å². The van der Waals surface area contributed by atoms with Crippen molar-refractivity contribution < 1.29 is 14.6 Å². The predicted molar refractivity (Wildman–Crippen MR) is 120 cm³/mol. The second kappa shape index (κ2) is 9.43. The molecule has 1 saturated heterocycles. The average Bonchev–Trinajstić information content (AvgIpc) is 2.86. The van der Waals surface area contributed by atoms with Gasteiger partial charge in [-0.2, -0.15) is 0 Å². The molecule has 0 aromatic rings. The van der Waals surface area contributed by atoms with Gasteiger partial charge in [-0.25, -0.2) is 0 Å². The SMILES string of the molecule is CC(C)N[C@H]1CC(C)(C)[C@@H]2C[C@@](C)(O)CC[C@]12CCC(=O)NCCN1CCOCC1. The predicted octanol–water partition coefficient (Wildman–Crippen LogP) is 2.55. The zero-order valence-corrected chi connectivity index (χ0v) is 19.9. The summed E-state index contributed by atoms with van der Waals surface area (Å²) in [7, 11) is 0. The maximum atomic E-state index is 12.7. The second-order valence-electron chi connectivity index (χ2n) is 11.4. The van der Waals surface area contributed by atoms with E-state index in [2.05, 4.69) is 43.2 Å². The summed E-state index contributed by atoms with van der Waals surface area (Å²) in [5.41, 5.74) is -0.320. The topological polar surface area (TPSA) is 73.8 Å². The van der Waals surface area contributed by atoms with Gasteiger partial charge in [0.05, 0.1) is 18.8 Å². The molecule has 4 atom stereocenters. The molecule has 1 amide bonds. The fraction of sp³-hybridized carbons (Fsp3) is 0.958. The number of aliphatic hydroxyl groups is 1. The lowest BCUT2D eigenvalue weighted by Crippen LogP contribution is -2.52. The largest absolute Gasteiger partial charge is 0.390 e. The zero-order chi connectivity index (χ0) is 22.0. The standard InChI is InChI=1S/C24H45N3O3/c1-18(2)26-20-17-22(3,4)19-16-23(5,29)8-9-24(19,20)7-6-21(28)25-10-11-27-12-14-30-15-13-27/h18-20,26,29H,6-17H2,1-5H3,(H,25,28)/t19-,20-,23-,24-/m0/s1. The van der Waals surface area contributed by atoms with Gasteiger partial charge in [0, 0.05) is 44.7 Å². The second-order valence-corrected chi connectivity index (χ2v) is 11.4. The van der Waals surface area contributed by atoms with E-state index in [0.717, 1.165) is 65.0 Å². The van der Waals surface area contributed by atoms with Crippen LogP contribution in [-0.4, -0.2) is 73.0 Å². The summed E-state index contributed by atoms with van der Waals surface area (Å²) in [6, 6.07) is 0.834. The lowest BCUT2D eigenvalue weighted by molar-refractivity contribution is -0.123. The van der Waals surface area contributed by atoms with E-state index < -0.39 is 5.60 Å². The Bertz CT molecular complexity index is 586. The third-order valence-corrected chi connectivity index (χ3v) is 8.04. The van der Waals surface area contributed by atoms with Crippen LogP contribution in [-0.2, 0) is 9.53 Å². The van der Waals surface area contributed by atoms with Gasteiger partial charge in [-0.15, -0.1) is 0 Å². The first-order valence-electron chi connectivity index (χ1n) is 12.1. The maximum Gasteiger partial charge on any atom is 0.220 e. The minimum absolute atomic E-state index is 0.0948. The first kappa shape index (κ1) is 24.0. The van der Waals surface area contributed by atoms with Gasteiger partial charge in [0.2, 0.25) is 5.91 Å². The highest BCUT2D eigenvalue weighted by Crippen LogP contribution is 2.63. The van der Waals surface area contributed by atoms with Crippen molar-refractivity contribution >= 4 is 5.91 Å². The molecule has 0 unspecified atom stereocenters. The molecule has 30 heavy (non-hydrogen) atoms. The van der Waals surface area contributed by atoms with E-state index in [9.17, 15) is 9.90 Å². The molecule has 0 aromatic heterocycles. The van der Waals surface area contributed by atoms with Crippen LogP contribution < -0.4 is 10.6 Å². The van der Waals surface area contributed by atoms with Crippen LogP contribution in [0.15, 0.2) is 0 Å². The number of hydrogen-bond acceptors (Lipinski definition) is 5. The van der Waals surface area contributed by atoms with Crippen molar-refractivity contribution in [2.75, 3.05) is 39.4 Å². The highest BCUT2D eigenvalue weighted by atomic mass is 16.5. The number of fused-ring (bicyclic) bond motifs is 1. The summed E-state index contributed by atoms with van der Waals surface area (Å²) in [6.45, 7) is 16.3. The number of ether oxygens (including phenoxy) is 1. The van der Waals surface area contributed by atoms with Gasteiger partial charge < -0.3 is 20.5 Å². The number of rotatable bonds is 8. The molecule has 6 nitrogen and oxygen atoms in total. The molecule has 1 aliphatic heterocycles. The molecular formula is C24H45N3O3. The number of hydrogen-bond donors (Lipinski definition) is 3. The third-order valence-electron chi connectivity index (χ3n) is 8.04. The molecule has 3 aliphatic rings. The van der Waals surface area contributed by atoms with Crippen LogP contribution in [0, 0.1) is 16.7 Å². The van der Waals surface area contributed by atoms with E-state index in [1.807, 2.05) is 6.92 Å². The Morgan fingerprint density at radius 2 is 1.87 bits per heavy atom. The van der Waals surface area contributed by atoms with Crippen LogP contribution in [0.5, 0.6) is 0 Å². The van der Waals surface area contributed by atoms with Crippen molar-refractivity contribution in [2.24, 2.45) is 16.7 Å². The van der Waals surface area contributed by atoms with Crippen LogP contribution in [0.2, 0.25) is 0 Å². The summed E-state index contributed by atoms with van der Waals surface area (Å²) < 4.78 is 5.39. The minimum Gasteiger partial charge on any atom is -0.390 e. The lowest BCUT2D eigenvalue weighted by Gasteiger charge is -2.51. The van der Waals surface area contributed by atoms with Gasteiger partial charge in [0.15, 0.2) is 0 Å². The van der Waals surface area contributed by atoms with Crippen molar-refractivity contribution in [1.29, 1.82) is 0 Å². The van der Waals surface area contributed by atoms with Crippen molar-refractivity contribution in [3.8, 4) is 0 Å². The van der Waals surface area contributed by atoms with E-state index >= 15 is 0 Å². The summed E-state index contributed by atoms with van der Waals surface area (Å²) in [6.07, 6.45) is 5.27. The normalized spacial score (nSPS) is 36.6. The number of nitrogens with zero attached hydrogens (tertiary/aromatic N) is 1. The Morgan fingerprint density at radius 1 is 1.17 bits per heavy atom. The van der Waals surface area contributed by atoms with Crippen molar-refractivity contribution in [2.45, 2.75) is 90.8 Å². The minimum atomic E-state index is -0.585. The molecule has 0 aromatic carbocycles. The molecule has 1 heterocycles. The fourth-order valence-corrected chi connectivity index (χ4v) is 6.48. The summed E-state index contributed by atoms with van der Waals surface area (Å²) >= 11 is 0. The lowest BCUT2D eigenvalue weighted by atomic mass is 9.57. The van der Waals surface area contributed by atoms with Gasteiger partial charge in [0.1, 0.15) is 0 Å². The number of amides is 1. The van der Waals surface area contributed by atoms with E-state index in [1.165, 1.54) is 0 Å². The molecule has 6 heteroatoms. The Kier molecular flexibility index (Phi) is 7.54. The molecule has 3 fully saturated rings. The first-order chi connectivity index (χ1) is 14.0. The summed E-state index contributed by atoms with van der Waals surface area (Å²) in [5.74, 6) is 0.605. The molecule has 2 aliphatic carbocycles. The Hall–Kier alpha value is -0.690. The van der Waals surface area contributed by atoms with Gasteiger partial charge in [-0.1, -0.05) is 27.7 Å². The molecule has 0 spiro atoms. The van der Waals surface area contributed by atoms with E-state index in [4.69, 9.17) is 4.74 Å². The third kappa shape index (κ3) is 5.56. The zero-order valence-electron chi connectivity index (χ0n) is 19.9. The Morgan fingerprint density at radius 3 is 2.53 bits per heavy atom.